The van der Waals surface area contributed by atoms with E-state index in [1.165, 1.54) is 19.3 Å². The molecule has 1 aromatic rings. The second-order valence-corrected chi connectivity index (χ2v) is 2.81. The van der Waals surface area contributed by atoms with Crippen LogP contribution in [0, 0.1) is 0 Å². The number of hydrogen-bond acceptors (Lipinski definition) is 2. The highest BCUT2D eigenvalue weighted by atomic mass is 16.2. The summed E-state index contributed by atoms with van der Waals surface area (Å²) < 4.78 is 0. The molecule has 0 aliphatic carbocycles. The molecule has 0 radical (unpaired) electrons. The van der Waals surface area contributed by atoms with Gasteiger partial charge < -0.3 is 5.11 Å². The number of aliphatic hydroxyl groups excluding tert-OH is 1. The predicted octanol–water partition coefficient (Wildman–Crippen LogP) is 2.64. The van der Waals surface area contributed by atoms with E-state index in [9.17, 15) is 0 Å². The van der Waals surface area contributed by atoms with Crippen LogP contribution in [0.4, 0.5) is 0 Å². The Bertz CT molecular complexity index is 134. The molecule has 0 aliphatic heterocycles. The van der Waals surface area contributed by atoms with E-state index < -0.39 is 0 Å². The maximum atomic E-state index is 8.29. The molecule has 0 atom stereocenters. The average Bonchev–Trinajstić information content (AvgIpc) is 2.22. The van der Waals surface area contributed by atoms with Gasteiger partial charge in [0.15, 0.2) is 0 Å². The van der Waals surface area contributed by atoms with Crippen LogP contribution in [0.3, 0.4) is 0 Å². The SMILES string of the molecule is CCCCCCO.c1ccncc1. The molecule has 0 bridgehead atoms. The lowest BCUT2D eigenvalue weighted by molar-refractivity contribution is 0.283. The summed E-state index contributed by atoms with van der Waals surface area (Å²) in [5, 5.41) is 8.29. The molecule has 0 aromatic carbocycles. The van der Waals surface area contributed by atoms with Gasteiger partial charge in [0.1, 0.15) is 0 Å². The van der Waals surface area contributed by atoms with Gasteiger partial charge in [-0.1, -0.05) is 32.3 Å². The van der Waals surface area contributed by atoms with Gasteiger partial charge in [-0.25, -0.2) is 0 Å². The van der Waals surface area contributed by atoms with E-state index >= 15 is 0 Å². The van der Waals surface area contributed by atoms with Gasteiger partial charge in [0.2, 0.25) is 0 Å². The lowest BCUT2D eigenvalue weighted by Gasteiger charge is -1.90. The van der Waals surface area contributed by atoms with E-state index in [-0.39, 0.29) is 0 Å². The Labute approximate surface area is 80.6 Å². The highest BCUT2D eigenvalue weighted by molar-refractivity contribution is 4.88. The molecule has 0 spiro atoms. The number of aromatic nitrogens is 1. The summed E-state index contributed by atoms with van der Waals surface area (Å²) in [7, 11) is 0. The quantitative estimate of drug-likeness (QED) is 0.724. The number of rotatable bonds is 4. The highest BCUT2D eigenvalue weighted by Gasteiger charge is 1.80. The highest BCUT2D eigenvalue weighted by Crippen LogP contribution is 1.96. The fraction of sp³-hybridized carbons (Fsp3) is 0.545. The van der Waals surface area contributed by atoms with E-state index in [4.69, 9.17) is 5.11 Å². The van der Waals surface area contributed by atoms with Crippen LogP contribution in [0.25, 0.3) is 0 Å². The molecule has 0 aliphatic rings. The minimum atomic E-state index is 0.361. The molecule has 74 valence electrons. The Morgan fingerprint density at radius 2 is 1.69 bits per heavy atom. The van der Waals surface area contributed by atoms with Gasteiger partial charge >= 0.3 is 0 Å². The topological polar surface area (TPSA) is 33.1 Å². The van der Waals surface area contributed by atoms with Gasteiger partial charge in [-0.15, -0.1) is 0 Å². The molecule has 1 heterocycles. The standard InChI is InChI=1S/C6H14O.C5H5N/c1-2-3-4-5-6-7;1-2-4-6-5-3-1/h7H,2-6H2,1H3;1-5H. The van der Waals surface area contributed by atoms with E-state index in [1.54, 1.807) is 12.4 Å². The maximum Gasteiger partial charge on any atom is 0.0431 e. The molecule has 0 saturated carbocycles. The second kappa shape index (κ2) is 11.1. The van der Waals surface area contributed by atoms with Crippen molar-refractivity contribution in [2.75, 3.05) is 6.61 Å². The Balaban J connectivity index is 0.000000223. The van der Waals surface area contributed by atoms with Crippen molar-refractivity contribution in [3.63, 3.8) is 0 Å². The Morgan fingerprint density at radius 1 is 1.00 bits per heavy atom. The molecule has 13 heavy (non-hydrogen) atoms. The van der Waals surface area contributed by atoms with Crippen LogP contribution < -0.4 is 0 Å². The van der Waals surface area contributed by atoms with Crippen LogP contribution >= 0.6 is 0 Å². The summed E-state index contributed by atoms with van der Waals surface area (Å²) in [6, 6.07) is 5.72. The van der Waals surface area contributed by atoms with Gasteiger partial charge in [0, 0.05) is 19.0 Å². The molecule has 0 fully saturated rings. The summed E-state index contributed by atoms with van der Waals surface area (Å²) in [6.45, 7) is 2.53. The van der Waals surface area contributed by atoms with Crippen LogP contribution in [0.2, 0.25) is 0 Å². The van der Waals surface area contributed by atoms with Gasteiger partial charge in [-0.2, -0.15) is 0 Å². The zero-order valence-corrected chi connectivity index (χ0v) is 8.32. The minimum absolute atomic E-state index is 0.361. The molecular formula is C11H19NO. The molecule has 2 heteroatoms. The molecule has 0 saturated heterocycles. The first kappa shape index (κ1) is 12.1. The van der Waals surface area contributed by atoms with Crippen LogP contribution in [0.1, 0.15) is 32.6 Å². The van der Waals surface area contributed by atoms with E-state index in [0.29, 0.717) is 6.61 Å². The monoisotopic (exact) mass is 181 g/mol. The first-order chi connectivity index (χ1) is 6.41. The van der Waals surface area contributed by atoms with Crippen molar-refractivity contribution < 1.29 is 5.11 Å². The lowest BCUT2D eigenvalue weighted by Crippen LogP contribution is -1.80. The lowest BCUT2D eigenvalue weighted by atomic mass is 10.2. The summed E-state index contributed by atoms with van der Waals surface area (Å²) in [5.74, 6) is 0. The summed E-state index contributed by atoms with van der Waals surface area (Å²) in [6.07, 6.45) is 8.18. The Hall–Kier alpha value is -0.890. The van der Waals surface area contributed by atoms with Crippen molar-refractivity contribution in [2.45, 2.75) is 32.6 Å². The number of unbranched alkanes of at least 4 members (excludes halogenated alkanes) is 3. The van der Waals surface area contributed by atoms with Crippen molar-refractivity contribution in [1.82, 2.24) is 4.98 Å². The van der Waals surface area contributed by atoms with Gasteiger partial charge in [0.05, 0.1) is 0 Å². The van der Waals surface area contributed by atoms with Gasteiger partial charge in [0.25, 0.3) is 0 Å². The van der Waals surface area contributed by atoms with Crippen molar-refractivity contribution in [1.29, 1.82) is 0 Å². The summed E-state index contributed by atoms with van der Waals surface area (Å²) in [5.41, 5.74) is 0. The van der Waals surface area contributed by atoms with E-state index in [0.717, 1.165) is 6.42 Å². The third-order valence-electron chi connectivity index (χ3n) is 1.58. The first-order valence-corrected chi connectivity index (χ1v) is 4.87. The zero-order valence-electron chi connectivity index (χ0n) is 8.32. The van der Waals surface area contributed by atoms with Crippen LogP contribution in [0.15, 0.2) is 30.6 Å². The Morgan fingerprint density at radius 3 is 2.00 bits per heavy atom. The minimum Gasteiger partial charge on any atom is -0.396 e. The fourth-order valence-electron chi connectivity index (χ4n) is 0.851. The molecule has 0 amide bonds. The van der Waals surface area contributed by atoms with Crippen LogP contribution in [-0.2, 0) is 0 Å². The molecule has 1 rings (SSSR count). The van der Waals surface area contributed by atoms with E-state index in [1.807, 2.05) is 18.2 Å². The normalized spacial score (nSPS) is 8.77. The molecule has 1 N–H and O–H groups in total. The average molecular weight is 181 g/mol. The fourth-order valence-corrected chi connectivity index (χ4v) is 0.851. The van der Waals surface area contributed by atoms with Crippen LogP contribution in [-0.4, -0.2) is 16.7 Å². The zero-order chi connectivity index (χ0) is 9.78. The third kappa shape index (κ3) is 11.1. The van der Waals surface area contributed by atoms with E-state index in [2.05, 4.69) is 11.9 Å². The van der Waals surface area contributed by atoms with Gasteiger partial charge in [-0.05, 0) is 18.6 Å². The van der Waals surface area contributed by atoms with Crippen molar-refractivity contribution >= 4 is 0 Å². The molecule has 1 aromatic heterocycles. The smallest absolute Gasteiger partial charge is 0.0431 e. The third-order valence-corrected chi connectivity index (χ3v) is 1.58. The number of hydrogen-bond donors (Lipinski definition) is 1. The Kier molecular flexibility index (Phi) is 10.3. The molecule has 0 unspecified atom stereocenters. The number of aliphatic hydroxyl groups is 1. The number of pyridine rings is 1. The second-order valence-electron chi connectivity index (χ2n) is 2.81. The van der Waals surface area contributed by atoms with Crippen LogP contribution in [0.5, 0.6) is 0 Å². The summed E-state index contributed by atoms with van der Waals surface area (Å²) >= 11 is 0. The summed E-state index contributed by atoms with van der Waals surface area (Å²) in [4.78, 5) is 3.78. The van der Waals surface area contributed by atoms with Gasteiger partial charge in [-0.3, -0.25) is 4.98 Å². The molecular weight excluding hydrogens is 162 g/mol. The predicted molar refractivity (Wildman–Crippen MR) is 55.5 cm³/mol. The number of nitrogens with zero attached hydrogens (tertiary/aromatic N) is 1. The van der Waals surface area contributed by atoms with Crippen molar-refractivity contribution in [3.8, 4) is 0 Å². The first-order valence-electron chi connectivity index (χ1n) is 4.87. The maximum absolute atomic E-state index is 8.29. The van der Waals surface area contributed by atoms with Crippen molar-refractivity contribution in [2.24, 2.45) is 0 Å². The van der Waals surface area contributed by atoms with Crippen molar-refractivity contribution in [3.05, 3.63) is 30.6 Å². The largest absolute Gasteiger partial charge is 0.396 e. The molecule has 2 nitrogen and oxygen atoms in total.